The number of aliphatic hydroxyl groups is 1. The van der Waals surface area contributed by atoms with E-state index in [9.17, 15) is 4.79 Å². The molecule has 0 bridgehead atoms. The number of carbonyl (C=O) groups is 1. The Bertz CT molecular complexity index is 129. The lowest BCUT2D eigenvalue weighted by Crippen LogP contribution is -1.92. The maximum Gasteiger partial charge on any atom is 0.0465 e. The molecule has 0 spiro atoms. The van der Waals surface area contributed by atoms with Crippen LogP contribution in [0.1, 0.15) is 13.3 Å². The van der Waals surface area contributed by atoms with E-state index in [0.29, 0.717) is 12.0 Å². The largest absolute Gasteiger partial charge is 0.737 e. The first-order valence-corrected chi connectivity index (χ1v) is 3.08. The van der Waals surface area contributed by atoms with Gasteiger partial charge in [-0.15, -0.1) is 0 Å². The number of hydrogen-bond acceptors (Lipinski definition) is 3. The molecule has 0 heterocycles. The lowest BCUT2D eigenvalue weighted by Gasteiger charge is -2.01. The third-order valence-corrected chi connectivity index (χ3v) is 1.22. The van der Waals surface area contributed by atoms with Crippen LogP contribution in [0.15, 0.2) is 11.6 Å². The molecular formula is C6H9O2S-. The minimum absolute atomic E-state index is 0.0694. The first-order chi connectivity index (χ1) is 4.18. The van der Waals surface area contributed by atoms with Crippen LogP contribution in [0.5, 0.6) is 0 Å². The summed E-state index contributed by atoms with van der Waals surface area (Å²) in [5.41, 5.74) is 0.541. The summed E-state index contributed by atoms with van der Waals surface area (Å²) in [4.78, 5) is 10.3. The van der Waals surface area contributed by atoms with Gasteiger partial charge in [-0.05, 0) is 18.9 Å². The van der Waals surface area contributed by atoms with E-state index in [1.807, 2.05) is 0 Å². The lowest BCUT2D eigenvalue weighted by molar-refractivity contribution is -0.107. The van der Waals surface area contributed by atoms with Crippen molar-refractivity contribution in [3.05, 3.63) is 11.6 Å². The zero-order chi connectivity index (χ0) is 7.28. The molecule has 0 aromatic heterocycles. The summed E-state index contributed by atoms with van der Waals surface area (Å²) >= 11 is 4.33. The van der Waals surface area contributed by atoms with Crippen molar-refractivity contribution in [1.29, 1.82) is 0 Å². The van der Waals surface area contributed by atoms with Crippen molar-refractivity contribution in [3.63, 3.8) is 0 Å². The van der Waals surface area contributed by atoms with E-state index in [2.05, 4.69) is 12.6 Å². The summed E-state index contributed by atoms with van der Waals surface area (Å²) in [6, 6.07) is 0. The molecule has 0 aromatic carbocycles. The number of rotatable bonds is 3. The Labute approximate surface area is 60.0 Å². The SMILES string of the molecule is CC(=CCCO)C(=O)[S-]. The van der Waals surface area contributed by atoms with Crippen LogP contribution in [0.4, 0.5) is 0 Å². The fourth-order valence-electron chi connectivity index (χ4n) is 0.364. The van der Waals surface area contributed by atoms with Crippen LogP contribution in [0.3, 0.4) is 0 Å². The molecule has 2 nitrogen and oxygen atoms in total. The van der Waals surface area contributed by atoms with Crippen LogP contribution in [-0.2, 0) is 17.4 Å². The summed E-state index contributed by atoms with van der Waals surface area (Å²) in [6.45, 7) is 1.71. The second kappa shape index (κ2) is 4.47. The fourth-order valence-corrected chi connectivity index (χ4v) is 0.448. The van der Waals surface area contributed by atoms with Gasteiger partial charge in [0.15, 0.2) is 0 Å². The Morgan fingerprint density at radius 1 is 1.78 bits per heavy atom. The summed E-state index contributed by atoms with van der Waals surface area (Å²) < 4.78 is 0. The molecule has 0 rings (SSSR count). The van der Waals surface area contributed by atoms with Crippen molar-refractivity contribution in [2.45, 2.75) is 13.3 Å². The average molecular weight is 145 g/mol. The van der Waals surface area contributed by atoms with E-state index in [4.69, 9.17) is 5.11 Å². The van der Waals surface area contributed by atoms with E-state index in [-0.39, 0.29) is 11.7 Å². The van der Waals surface area contributed by atoms with Crippen LogP contribution >= 0.6 is 0 Å². The van der Waals surface area contributed by atoms with Gasteiger partial charge >= 0.3 is 0 Å². The number of hydrogen-bond donors (Lipinski definition) is 1. The molecule has 0 unspecified atom stereocenters. The Balaban J connectivity index is 3.69. The topological polar surface area (TPSA) is 37.3 Å². The molecule has 1 N–H and O–H groups in total. The van der Waals surface area contributed by atoms with Gasteiger partial charge in [0.25, 0.3) is 0 Å². The zero-order valence-electron chi connectivity index (χ0n) is 5.26. The van der Waals surface area contributed by atoms with Gasteiger partial charge in [-0.3, -0.25) is 0 Å². The standard InChI is InChI=1S/C6H10O2S/c1-5(6(8)9)3-2-4-7/h3,7H,2,4H2,1H3,(H,8,9)/p-1. The Morgan fingerprint density at radius 2 is 2.33 bits per heavy atom. The molecule has 3 heteroatoms. The fraction of sp³-hybridized carbons (Fsp3) is 0.500. The molecule has 52 valence electrons. The van der Waals surface area contributed by atoms with Crippen molar-refractivity contribution in [2.75, 3.05) is 6.61 Å². The van der Waals surface area contributed by atoms with E-state index in [0.717, 1.165) is 0 Å². The van der Waals surface area contributed by atoms with Gasteiger partial charge in [-0.25, -0.2) is 0 Å². The van der Waals surface area contributed by atoms with E-state index >= 15 is 0 Å². The molecule has 0 aliphatic rings. The van der Waals surface area contributed by atoms with Gasteiger partial charge in [-0.2, -0.15) is 0 Å². The third-order valence-electron chi connectivity index (χ3n) is 0.902. The Morgan fingerprint density at radius 3 is 2.67 bits per heavy atom. The molecule has 0 radical (unpaired) electrons. The molecular weight excluding hydrogens is 136 g/mol. The van der Waals surface area contributed by atoms with Crippen LogP contribution in [-0.4, -0.2) is 16.8 Å². The predicted octanol–water partition coefficient (Wildman–Crippen LogP) is 0.389. The van der Waals surface area contributed by atoms with Crippen molar-refractivity contribution in [1.82, 2.24) is 0 Å². The highest BCUT2D eigenvalue weighted by atomic mass is 32.1. The van der Waals surface area contributed by atoms with Gasteiger partial charge in [0.2, 0.25) is 0 Å². The molecule has 0 saturated heterocycles. The Kier molecular flexibility index (Phi) is 4.26. The van der Waals surface area contributed by atoms with Crippen LogP contribution in [0, 0.1) is 0 Å². The molecule has 0 saturated carbocycles. The van der Waals surface area contributed by atoms with Gasteiger partial charge in [0.1, 0.15) is 0 Å². The first-order valence-electron chi connectivity index (χ1n) is 2.67. The summed E-state index contributed by atoms with van der Waals surface area (Å²) in [7, 11) is 0. The average Bonchev–Trinajstić information content (AvgIpc) is 1.82. The van der Waals surface area contributed by atoms with Gasteiger partial charge in [-0.1, -0.05) is 6.08 Å². The monoisotopic (exact) mass is 145 g/mol. The molecule has 0 aliphatic heterocycles. The molecule has 0 aromatic rings. The molecule has 0 amide bonds. The van der Waals surface area contributed by atoms with Gasteiger partial charge in [0.05, 0.1) is 0 Å². The summed E-state index contributed by atoms with van der Waals surface area (Å²) in [6.07, 6.45) is 2.14. The van der Waals surface area contributed by atoms with E-state index in [1.54, 1.807) is 13.0 Å². The highest BCUT2D eigenvalue weighted by Gasteiger charge is 1.84. The smallest absolute Gasteiger partial charge is 0.0465 e. The normalized spacial score (nSPS) is 11.6. The Hall–Kier alpha value is -0.410. The van der Waals surface area contributed by atoms with E-state index in [1.165, 1.54) is 0 Å². The van der Waals surface area contributed by atoms with Crippen molar-refractivity contribution in [3.8, 4) is 0 Å². The number of carbonyl (C=O) groups excluding carboxylic acids is 1. The summed E-state index contributed by atoms with van der Waals surface area (Å²) in [5, 5.41) is 7.96. The maximum atomic E-state index is 10.3. The summed E-state index contributed by atoms with van der Waals surface area (Å²) in [5.74, 6) is 0. The zero-order valence-corrected chi connectivity index (χ0v) is 6.07. The minimum atomic E-state index is -0.344. The molecule has 0 fully saturated rings. The number of aliphatic hydroxyl groups excluding tert-OH is 1. The lowest BCUT2D eigenvalue weighted by atomic mass is 10.3. The predicted molar refractivity (Wildman–Crippen MR) is 37.8 cm³/mol. The minimum Gasteiger partial charge on any atom is -0.737 e. The van der Waals surface area contributed by atoms with Crippen molar-refractivity contribution < 1.29 is 9.90 Å². The second-order valence-electron chi connectivity index (χ2n) is 1.69. The maximum absolute atomic E-state index is 10.3. The van der Waals surface area contributed by atoms with Gasteiger partial charge < -0.3 is 22.5 Å². The second-order valence-corrected chi connectivity index (χ2v) is 2.06. The van der Waals surface area contributed by atoms with Crippen LogP contribution in [0.25, 0.3) is 0 Å². The van der Waals surface area contributed by atoms with Crippen LogP contribution < -0.4 is 0 Å². The quantitative estimate of drug-likeness (QED) is 0.461. The van der Waals surface area contributed by atoms with Gasteiger partial charge in [0, 0.05) is 11.7 Å². The molecule has 0 aliphatic carbocycles. The van der Waals surface area contributed by atoms with Crippen molar-refractivity contribution in [2.24, 2.45) is 0 Å². The molecule has 0 atom stereocenters. The third kappa shape index (κ3) is 4.12. The highest BCUT2D eigenvalue weighted by Crippen LogP contribution is 1.94. The van der Waals surface area contributed by atoms with Crippen LogP contribution in [0.2, 0.25) is 0 Å². The first kappa shape index (κ1) is 8.59. The van der Waals surface area contributed by atoms with E-state index < -0.39 is 0 Å². The highest BCUT2D eigenvalue weighted by molar-refractivity contribution is 7.77. The van der Waals surface area contributed by atoms with Crippen molar-refractivity contribution >= 4 is 17.7 Å². The molecule has 9 heavy (non-hydrogen) atoms.